The molecule has 1 heterocycles. The van der Waals surface area contributed by atoms with Gasteiger partial charge in [0.1, 0.15) is 12.1 Å². The molecule has 1 saturated heterocycles. The number of esters is 1. The molecule has 7 nitrogen and oxygen atoms in total. The molecule has 1 aliphatic heterocycles. The third-order valence-electron chi connectivity index (χ3n) is 3.83. The van der Waals surface area contributed by atoms with E-state index in [1.165, 1.54) is 0 Å². The summed E-state index contributed by atoms with van der Waals surface area (Å²) in [6.07, 6.45) is 0.578. The van der Waals surface area contributed by atoms with Crippen LogP contribution in [0.2, 0.25) is 0 Å². The molecule has 1 radical (unpaired) electrons. The second-order valence-corrected chi connectivity index (χ2v) is 6.92. The zero-order chi connectivity index (χ0) is 16.4. The lowest BCUT2D eigenvalue weighted by Crippen LogP contribution is -2.60. The number of piperidine rings is 1. The highest BCUT2D eigenvalue weighted by Crippen LogP contribution is 2.38. The number of carboxylic acids is 1. The van der Waals surface area contributed by atoms with Gasteiger partial charge in [0.05, 0.1) is 0 Å². The quantitative estimate of drug-likeness (QED) is 0.735. The number of aliphatic carboxylic acids is 1. The van der Waals surface area contributed by atoms with Crippen LogP contribution in [-0.2, 0) is 19.5 Å². The highest BCUT2D eigenvalue weighted by atomic mass is 16.5. The van der Waals surface area contributed by atoms with E-state index in [-0.39, 0.29) is 18.9 Å². The van der Waals surface area contributed by atoms with Crippen molar-refractivity contribution in [1.82, 2.24) is 5.06 Å². The fourth-order valence-electron chi connectivity index (χ4n) is 2.90. The van der Waals surface area contributed by atoms with Crippen molar-refractivity contribution < 1.29 is 24.6 Å². The van der Waals surface area contributed by atoms with Crippen molar-refractivity contribution in [3.63, 3.8) is 0 Å². The summed E-state index contributed by atoms with van der Waals surface area (Å²) in [5.41, 5.74) is 4.13. The molecule has 7 heteroatoms. The third kappa shape index (κ3) is 4.66. The van der Waals surface area contributed by atoms with Gasteiger partial charge in [0.25, 0.3) is 0 Å². The van der Waals surface area contributed by atoms with Crippen molar-refractivity contribution in [2.75, 3.05) is 0 Å². The van der Waals surface area contributed by atoms with Crippen LogP contribution in [0, 0.1) is 0 Å². The second kappa shape index (κ2) is 6.29. The number of nitrogens with zero attached hydrogens (tertiary/aromatic N) is 1. The van der Waals surface area contributed by atoms with Gasteiger partial charge in [0.15, 0.2) is 0 Å². The highest BCUT2D eigenvalue weighted by Gasteiger charge is 2.47. The minimum Gasteiger partial charge on any atom is -0.480 e. The standard InChI is InChI=1S/C14H25N2O5/c1-13(2)7-9(8-14(3,4)16(13)20)21-11(17)6-5-10(15)12(18)19/h9-10H,5-8,15H2,1-4H3,(H,18,19)/t10-/m0/s1. The van der Waals surface area contributed by atoms with Crippen LogP contribution < -0.4 is 5.73 Å². The molecule has 0 saturated carbocycles. The van der Waals surface area contributed by atoms with E-state index in [0.29, 0.717) is 12.8 Å². The van der Waals surface area contributed by atoms with E-state index in [9.17, 15) is 14.8 Å². The lowest BCUT2D eigenvalue weighted by molar-refractivity contribution is -0.299. The van der Waals surface area contributed by atoms with Crippen LogP contribution in [0.15, 0.2) is 0 Å². The van der Waals surface area contributed by atoms with Crippen molar-refractivity contribution in [2.24, 2.45) is 5.73 Å². The Morgan fingerprint density at radius 1 is 1.29 bits per heavy atom. The summed E-state index contributed by atoms with van der Waals surface area (Å²) in [7, 11) is 0. The molecule has 0 unspecified atom stereocenters. The molecule has 121 valence electrons. The van der Waals surface area contributed by atoms with Crippen molar-refractivity contribution in [3.05, 3.63) is 0 Å². The van der Waals surface area contributed by atoms with Crippen LogP contribution in [0.3, 0.4) is 0 Å². The minimum absolute atomic E-state index is 0.0358. The van der Waals surface area contributed by atoms with Crippen molar-refractivity contribution in [2.45, 2.75) is 76.6 Å². The molecule has 0 amide bonds. The first-order chi connectivity index (χ1) is 9.45. The number of carbonyl (C=O) groups excluding carboxylic acids is 1. The summed E-state index contributed by atoms with van der Waals surface area (Å²) in [5.74, 6) is -1.60. The first-order valence-corrected chi connectivity index (χ1v) is 7.11. The molecule has 1 fully saturated rings. The Morgan fingerprint density at radius 3 is 2.19 bits per heavy atom. The average molecular weight is 301 g/mol. The Kier molecular flexibility index (Phi) is 5.35. The minimum atomic E-state index is -1.13. The smallest absolute Gasteiger partial charge is 0.320 e. The average Bonchev–Trinajstić information content (AvgIpc) is 2.32. The molecule has 0 aromatic carbocycles. The first kappa shape index (κ1) is 17.9. The highest BCUT2D eigenvalue weighted by molar-refractivity contribution is 5.75. The number of carboxylic acid groups (broad SMARTS) is 1. The molecule has 1 atom stereocenters. The Balaban J connectivity index is 2.55. The summed E-state index contributed by atoms with van der Waals surface area (Å²) in [4.78, 5) is 22.4. The van der Waals surface area contributed by atoms with Gasteiger partial charge in [-0.3, -0.25) is 9.59 Å². The summed E-state index contributed by atoms with van der Waals surface area (Å²) in [6, 6.07) is -1.06. The first-order valence-electron chi connectivity index (χ1n) is 7.11. The molecule has 0 bridgehead atoms. The van der Waals surface area contributed by atoms with E-state index in [2.05, 4.69) is 0 Å². The van der Waals surface area contributed by atoms with Gasteiger partial charge in [-0.1, -0.05) is 0 Å². The van der Waals surface area contributed by atoms with Gasteiger partial charge in [-0.2, -0.15) is 0 Å². The third-order valence-corrected chi connectivity index (χ3v) is 3.83. The Labute approximate surface area is 125 Å². The molecular formula is C14H25N2O5. The molecule has 3 N–H and O–H groups in total. The van der Waals surface area contributed by atoms with Crippen LogP contribution in [0.4, 0.5) is 0 Å². The Bertz CT molecular complexity index is 390. The molecule has 0 aromatic heterocycles. The van der Waals surface area contributed by atoms with Crippen LogP contribution in [0.25, 0.3) is 0 Å². The van der Waals surface area contributed by atoms with Crippen molar-refractivity contribution >= 4 is 11.9 Å². The van der Waals surface area contributed by atoms with E-state index < -0.39 is 29.1 Å². The molecule has 0 spiro atoms. The van der Waals surface area contributed by atoms with Gasteiger partial charge in [-0.05, 0) is 34.1 Å². The summed E-state index contributed by atoms with van der Waals surface area (Å²) in [5, 5.41) is 21.9. The van der Waals surface area contributed by atoms with Crippen molar-refractivity contribution in [1.29, 1.82) is 0 Å². The van der Waals surface area contributed by atoms with E-state index in [0.717, 1.165) is 5.06 Å². The number of nitrogens with two attached hydrogens (primary N) is 1. The Hall–Kier alpha value is -1.18. The second-order valence-electron chi connectivity index (χ2n) is 6.92. The van der Waals surface area contributed by atoms with Gasteiger partial charge < -0.3 is 15.6 Å². The number of hydroxylamine groups is 2. The summed E-state index contributed by atoms with van der Waals surface area (Å²) >= 11 is 0. The zero-order valence-electron chi connectivity index (χ0n) is 13.1. The van der Waals surface area contributed by atoms with Crippen LogP contribution >= 0.6 is 0 Å². The van der Waals surface area contributed by atoms with Gasteiger partial charge in [-0.25, -0.2) is 0 Å². The fourth-order valence-corrected chi connectivity index (χ4v) is 2.90. The molecular weight excluding hydrogens is 276 g/mol. The fraction of sp³-hybridized carbons (Fsp3) is 0.857. The van der Waals surface area contributed by atoms with Gasteiger partial charge in [0.2, 0.25) is 0 Å². The maximum atomic E-state index is 12.2. The zero-order valence-corrected chi connectivity index (χ0v) is 13.1. The van der Waals surface area contributed by atoms with Crippen LogP contribution in [0.1, 0.15) is 53.4 Å². The van der Waals surface area contributed by atoms with Gasteiger partial charge >= 0.3 is 11.9 Å². The topological polar surface area (TPSA) is 113 Å². The Morgan fingerprint density at radius 2 is 1.76 bits per heavy atom. The van der Waals surface area contributed by atoms with Gasteiger partial charge in [0, 0.05) is 30.3 Å². The van der Waals surface area contributed by atoms with E-state index in [4.69, 9.17) is 15.6 Å². The molecule has 1 rings (SSSR count). The summed E-state index contributed by atoms with van der Waals surface area (Å²) in [6.45, 7) is 7.29. The van der Waals surface area contributed by atoms with Gasteiger partial charge in [-0.15, -0.1) is 10.3 Å². The lowest BCUT2D eigenvalue weighted by Gasteiger charge is -2.49. The molecule has 21 heavy (non-hydrogen) atoms. The van der Waals surface area contributed by atoms with E-state index >= 15 is 0 Å². The van der Waals surface area contributed by atoms with Crippen LogP contribution in [-0.4, -0.2) is 45.3 Å². The van der Waals surface area contributed by atoms with Crippen LogP contribution in [0.5, 0.6) is 0 Å². The number of hydrogen-bond donors (Lipinski definition) is 2. The molecule has 1 aliphatic rings. The SMILES string of the molecule is CC1(C)CC(OC(=O)CC[C@H](N)C(=O)O)CC(C)(C)N1[O]. The maximum Gasteiger partial charge on any atom is 0.320 e. The normalized spacial score (nSPS) is 23.5. The number of carbonyl (C=O) groups is 2. The predicted octanol–water partition coefficient (Wildman–Crippen LogP) is 1.09. The monoisotopic (exact) mass is 301 g/mol. The number of hydrogen-bond acceptors (Lipinski definition) is 5. The largest absolute Gasteiger partial charge is 0.480 e. The number of ether oxygens (including phenoxy) is 1. The molecule has 0 aromatic rings. The van der Waals surface area contributed by atoms with E-state index in [1.54, 1.807) is 0 Å². The van der Waals surface area contributed by atoms with Crippen molar-refractivity contribution in [3.8, 4) is 0 Å². The predicted molar refractivity (Wildman–Crippen MR) is 74.6 cm³/mol. The maximum absolute atomic E-state index is 12.2. The lowest BCUT2D eigenvalue weighted by atomic mass is 9.80. The molecule has 0 aliphatic carbocycles. The number of rotatable bonds is 5. The van der Waals surface area contributed by atoms with E-state index in [1.807, 2.05) is 27.7 Å². The summed E-state index contributed by atoms with van der Waals surface area (Å²) < 4.78 is 5.39.